The largest absolute Gasteiger partial charge is 0.505 e. The van der Waals surface area contributed by atoms with E-state index in [1.807, 2.05) is 51.1 Å². The van der Waals surface area contributed by atoms with Crippen molar-refractivity contribution in [3.05, 3.63) is 71.1 Å². The highest BCUT2D eigenvalue weighted by Gasteiger charge is 2.37. The lowest BCUT2D eigenvalue weighted by Gasteiger charge is -2.22. The Morgan fingerprint density at radius 3 is 2.27 bits per heavy atom. The smallest absolute Gasteiger partial charge is 0.279 e. The topological polar surface area (TPSA) is 102 Å². The van der Waals surface area contributed by atoms with Crippen LogP contribution >= 0.6 is 0 Å². The molecule has 0 aromatic heterocycles. The molecule has 1 aliphatic heterocycles. The lowest BCUT2D eigenvalue weighted by Crippen LogP contribution is -2.33. The zero-order valence-electron chi connectivity index (χ0n) is 19.5. The molecule has 8 heteroatoms. The molecule has 1 atom stereocenters. The van der Waals surface area contributed by atoms with Crippen molar-refractivity contribution in [3.8, 4) is 5.75 Å². The van der Waals surface area contributed by atoms with Gasteiger partial charge in [0.05, 0.1) is 17.3 Å². The SMILES string of the molecule is CC[C@@H](NC1=C(Nc2cccc(C(=O)N(C)C(C)C)c2O)C(=O)N(C)C1=O)c1ccccc1. The van der Waals surface area contributed by atoms with Gasteiger partial charge in [-0.1, -0.05) is 43.3 Å². The second-order valence-corrected chi connectivity index (χ2v) is 8.27. The predicted octanol–water partition coefficient (Wildman–Crippen LogP) is 3.24. The third-order valence-corrected chi connectivity index (χ3v) is 5.84. The molecule has 1 heterocycles. The minimum Gasteiger partial charge on any atom is -0.505 e. The molecule has 3 N–H and O–H groups in total. The number of phenolic OH excluding ortho intramolecular Hbond substituents is 1. The average molecular weight is 451 g/mol. The number of hydrogen-bond acceptors (Lipinski definition) is 6. The minimum atomic E-state index is -0.527. The van der Waals surface area contributed by atoms with E-state index >= 15 is 0 Å². The molecule has 174 valence electrons. The lowest BCUT2D eigenvalue weighted by atomic mass is 10.0. The maximum atomic E-state index is 12.9. The second kappa shape index (κ2) is 9.77. The highest BCUT2D eigenvalue weighted by Crippen LogP contribution is 2.32. The van der Waals surface area contributed by atoms with Crippen molar-refractivity contribution < 1.29 is 19.5 Å². The van der Waals surface area contributed by atoms with Crippen molar-refractivity contribution in [1.29, 1.82) is 0 Å². The fourth-order valence-electron chi connectivity index (χ4n) is 3.55. The minimum absolute atomic E-state index is 0.0222. The molecule has 0 aliphatic carbocycles. The number of nitrogens with zero attached hydrogens (tertiary/aromatic N) is 2. The highest BCUT2D eigenvalue weighted by atomic mass is 16.3. The highest BCUT2D eigenvalue weighted by molar-refractivity contribution is 6.20. The van der Waals surface area contributed by atoms with Gasteiger partial charge in [-0.2, -0.15) is 0 Å². The molecule has 0 saturated carbocycles. The van der Waals surface area contributed by atoms with Crippen LogP contribution in [0.15, 0.2) is 59.9 Å². The summed E-state index contributed by atoms with van der Waals surface area (Å²) in [5.41, 5.74) is 1.39. The summed E-state index contributed by atoms with van der Waals surface area (Å²) in [6.45, 7) is 5.72. The number of likely N-dealkylation sites (N-methyl/N-ethyl adjacent to an activating group) is 1. The number of nitrogens with one attached hydrogen (secondary N) is 2. The van der Waals surface area contributed by atoms with Crippen LogP contribution < -0.4 is 10.6 Å². The molecule has 0 fully saturated rings. The molecule has 2 aromatic carbocycles. The van der Waals surface area contributed by atoms with Gasteiger partial charge in [0, 0.05) is 20.1 Å². The van der Waals surface area contributed by atoms with Gasteiger partial charge >= 0.3 is 0 Å². The number of aromatic hydroxyl groups is 1. The number of para-hydroxylation sites is 1. The van der Waals surface area contributed by atoms with E-state index in [2.05, 4.69) is 10.6 Å². The first kappa shape index (κ1) is 23.8. The van der Waals surface area contributed by atoms with Gasteiger partial charge < -0.3 is 20.6 Å². The van der Waals surface area contributed by atoms with E-state index in [0.29, 0.717) is 6.42 Å². The van der Waals surface area contributed by atoms with Crippen molar-refractivity contribution in [1.82, 2.24) is 15.1 Å². The van der Waals surface area contributed by atoms with E-state index in [1.54, 1.807) is 19.2 Å². The maximum absolute atomic E-state index is 12.9. The summed E-state index contributed by atoms with van der Waals surface area (Å²) < 4.78 is 0. The molecule has 1 aliphatic rings. The van der Waals surface area contributed by atoms with Crippen LogP contribution in [0.5, 0.6) is 5.75 Å². The third-order valence-electron chi connectivity index (χ3n) is 5.84. The Labute approximate surface area is 193 Å². The molecule has 8 nitrogen and oxygen atoms in total. The fraction of sp³-hybridized carbons (Fsp3) is 0.320. The van der Waals surface area contributed by atoms with Crippen LogP contribution in [0.3, 0.4) is 0 Å². The Morgan fingerprint density at radius 1 is 1.03 bits per heavy atom. The number of hydrogen-bond donors (Lipinski definition) is 3. The van der Waals surface area contributed by atoms with E-state index < -0.39 is 11.8 Å². The quantitative estimate of drug-likeness (QED) is 0.422. The first-order chi connectivity index (χ1) is 15.7. The summed E-state index contributed by atoms with van der Waals surface area (Å²) in [6, 6.07) is 14.1. The number of imide groups is 1. The third kappa shape index (κ3) is 4.69. The Hall–Kier alpha value is -3.81. The predicted molar refractivity (Wildman–Crippen MR) is 126 cm³/mol. The van der Waals surface area contributed by atoms with Crippen molar-refractivity contribution >= 4 is 23.4 Å². The molecular weight excluding hydrogens is 420 g/mol. The van der Waals surface area contributed by atoms with E-state index in [1.165, 1.54) is 18.0 Å². The molecule has 0 saturated heterocycles. The van der Waals surface area contributed by atoms with Crippen LogP contribution in [0, 0.1) is 0 Å². The van der Waals surface area contributed by atoms with Crippen LogP contribution in [0.4, 0.5) is 5.69 Å². The van der Waals surface area contributed by atoms with Crippen LogP contribution in [0.1, 0.15) is 49.2 Å². The fourth-order valence-corrected chi connectivity index (χ4v) is 3.55. The van der Waals surface area contributed by atoms with E-state index in [9.17, 15) is 19.5 Å². The van der Waals surface area contributed by atoms with Gasteiger partial charge in [-0.3, -0.25) is 19.3 Å². The summed E-state index contributed by atoms with van der Waals surface area (Å²) in [4.78, 5) is 41.0. The number of carbonyl (C=O) groups excluding carboxylic acids is 3. The van der Waals surface area contributed by atoms with Crippen LogP contribution in [0.2, 0.25) is 0 Å². The molecule has 0 bridgehead atoms. The van der Waals surface area contributed by atoms with Crippen LogP contribution in [0.25, 0.3) is 0 Å². The second-order valence-electron chi connectivity index (χ2n) is 8.27. The number of rotatable bonds is 8. The number of benzene rings is 2. The zero-order chi connectivity index (χ0) is 24.3. The van der Waals surface area contributed by atoms with E-state index in [0.717, 1.165) is 10.5 Å². The summed E-state index contributed by atoms with van der Waals surface area (Å²) in [5, 5.41) is 16.9. The zero-order valence-corrected chi connectivity index (χ0v) is 19.5. The van der Waals surface area contributed by atoms with Crippen molar-refractivity contribution in [2.24, 2.45) is 0 Å². The Bertz CT molecular complexity index is 1090. The maximum Gasteiger partial charge on any atom is 0.279 e. The number of phenols is 1. The molecule has 0 spiro atoms. The molecule has 3 amide bonds. The van der Waals surface area contributed by atoms with Gasteiger partial charge in [0.25, 0.3) is 17.7 Å². The summed E-state index contributed by atoms with van der Waals surface area (Å²) in [7, 11) is 3.06. The summed E-state index contributed by atoms with van der Waals surface area (Å²) in [5.74, 6) is -1.63. The van der Waals surface area contributed by atoms with E-state index in [4.69, 9.17) is 0 Å². The van der Waals surface area contributed by atoms with Crippen molar-refractivity contribution in [2.45, 2.75) is 39.3 Å². The molecule has 0 unspecified atom stereocenters. The first-order valence-electron chi connectivity index (χ1n) is 10.9. The Balaban J connectivity index is 1.98. The molecule has 3 rings (SSSR count). The van der Waals surface area contributed by atoms with Gasteiger partial charge in [-0.25, -0.2) is 0 Å². The number of amides is 3. The number of carbonyl (C=O) groups is 3. The standard InChI is InChI=1S/C25H30N4O4/c1-6-18(16-11-8-7-9-12-16)26-20-21(25(33)29(5)24(20)32)27-19-14-10-13-17(22(19)30)23(31)28(4)15(2)3/h7-15,18,26-27,30H,6H2,1-5H3/t18-/m1/s1. The van der Waals surface area contributed by atoms with Gasteiger partial charge in [0.15, 0.2) is 5.75 Å². The molecule has 0 radical (unpaired) electrons. The van der Waals surface area contributed by atoms with Crippen LogP contribution in [-0.2, 0) is 9.59 Å². The molecular formula is C25H30N4O4. The normalized spacial score (nSPS) is 14.7. The Morgan fingerprint density at radius 2 is 1.67 bits per heavy atom. The summed E-state index contributed by atoms with van der Waals surface area (Å²) >= 11 is 0. The monoisotopic (exact) mass is 450 g/mol. The summed E-state index contributed by atoms with van der Waals surface area (Å²) in [6.07, 6.45) is 0.683. The van der Waals surface area contributed by atoms with Crippen molar-refractivity contribution in [2.75, 3.05) is 19.4 Å². The van der Waals surface area contributed by atoms with Gasteiger partial charge in [-0.15, -0.1) is 0 Å². The van der Waals surface area contributed by atoms with Crippen molar-refractivity contribution in [3.63, 3.8) is 0 Å². The number of anilines is 1. The lowest BCUT2D eigenvalue weighted by molar-refractivity contribution is -0.136. The molecule has 2 aromatic rings. The van der Waals surface area contributed by atoms with Crippen LogP contribution in [-0.4, -0.2) is 52.8 Å². The first-order valence-corrected chi connectivity index (χ1v) is 10.9. The molecule has 33 heavy (non-hydrogen) atoms. The van der Waals surface area contributed by atoms with Gasteiger partial charge in [0.2, 0.25) is 0 Å². The average Bonchev–Trinajstić information content (AvgIpc) is 3.01. The van der Waals surface area contributed by atoms with Gasteiger partial charge in [0.1, 0.15) is 11.4 Å². The van der Waals surface area contributed by atoms with Gasteiger partial charge in [-0.05, 0) is 38.0 Å². The Kier molecular flexibility index (Phi) is 7.06. The van der Waals surface area contributed by atoms with E-state index in [-0.39, 0.29) is 46.4 Å².